The van der Waals surface area contributed by atoms with Gasteiger partial charge in [0, 0.05) is 28.6 Å². The summed E-state index contributed by atoms with van der Waals surface area (Å²) in [5.74, 6) is 0.451. The van der Waals surface area contributed by atoms with E-state index < -0.39 is 12.4 Å². The molecule has 5 aromatic rings. The second kappa shape index (κ2) is 13.1. The number of hydrogen-bond donors (Lipinski definition) is 1. The van der Waals surface area contributed by atoms with Crippen LogP contribution in [0, 0.1) is 6.92 Å². The number of urea groups is 1. The minimum atomic E-state index is -4.75. The number of benzene rings is 3. The molecule has 2 unspecified atom stereocenters. The molecule has 5 rings (SSSR count). The summed E-state index contributed by atoms with van der Waals surface area (Å²) < 4.78 is 44.7. The lowest BCUT2D eigenvalue weighted by molar-refractivity contribution is -0.274. The van der Waals surface area contributed by atoms with Crippen molar-refractivity contribution >= 4 is 17.4 Å². The van der Waals surface area contributed by atoms with E-state index in [1.807, 2.05) is 67.1 Å². The molecule has 0 aliphatic heterocycles. The number of rotatable bonds is 8. The number of hydrogen-bond acceptors (Lipinski definition) is 5. The molecule has 0 aliphatic carbocycles. The maximum atomic E-state index is 13.0. The van der Waals surface area contributed by atoms with E-state index in [1.165, 1.54) is 52.2 Å². The van der Waals surface area contributed by atoms with Gasteiger partial charge < -0.3 is 10.1 Å². The molecule has 0 saturated carbocycles. The fourth-order valence-electron chi connectivity index (χ4n) is 4.93. The Morgan fingerprint density at radius 3 is 2.33 bits per heavy atom. The van der Waals surface area contributed by atoms with E-state index in [1.54, 1.807) is 0 Å². The van der Waals surface area contributed by atoms with Gasteiger partial charge in [0.05, 0.1) is 11.4 Å². The van der Waals surface area contributed by atoms with E-state index in [2.05, 4.69) is 51.1 Å². The summed E-state index contributed by atoms with van der Waals surface area (Å²) >= 11 is 1.43. The van der Waals surface area contributed by atoms with Crippen molar-refractivity contribution in [1.82, 2.24) is 24.6 Å². The summed E-state index contributed by atoms with van der Waals surface area (Å²) in [5.41, 5.74) is 5.53. The number of alkyl halides is 3. The van der Waals surface area contributed by atoms with E-state index in [0.29, 0.717) is 22.2 Å². The summed E-state index contributed by atoms with van der Waals surface area (Å²) in [7, 11) is 0. The summed E-state index contributed by atoms with van der Waals surface area (Å²) in [5, 5.41) is 9.48. The molecule has 0 saturated heterocycles. The first-order valence-corrected chi connectivity index (χ1v) is 15.3. The van der Waals surface area contributed by atoms with Crippen molar-refractivity contribution in [3.05, 3.63) is 106 Å². The number of thiazole rings is 1. The van der Waals surface area contributed by atoms with Crippen LogP contribution in [0.5, 0.6) is 5.75 Å². The molecule has 0 spiro atoms. The zero-order valence-electron chi connectivity index (χ0n) is 25.4. The first kappa shape index (κ1) is 31.7. The number of nitrogens with one attached hydrogen (secondary N) is 1. The van der Waals surface area contributed by atoms with Crippen LogP contribution >= 0.6 is 11.3 Å². The topological polar surface area (TPSA) is 86.3 Å². The molecular formula is C33H33F3N6O2S. The molecule has 2 heterocycles. The van der Waals surface area contributed by atoms with E-state index in [-0.39, 0.29) is 17.7 Å². The maximum Gasteiger partial charge on any atom is 0.573 e. The number of ether oxygens (including phenoxy) is 1. The largest absolute Gasteiger partial charge is 0.573 e. The third-order valence-electron chi connectivity index (χ3n) is 7.50. The van der Waals surface area contributed by atoms with Gasteiger partial charge in [-0.25, -0.2) is 14.5 Å². The van der Waals surface area contributed by atoms with E-state index >= 15 is 0 Å². The average molecular weight is 635 g/mol. The zero-order chi connectivity index (χ0) is 32.3. The van der Waals surface area contributed by atoms with Crippen molar-refractivity contribution < 1.29 is 22.7 Å². The second-order valence-electron chi connectivity index (χ2n) is 11.0. The van der Waals surface area contributed by atoms with Crippen molar-refractivity contribution in [3.8, 4) is 28.5 Å². The number of nitrogens with zero attached hydrogens (tertiary/aromatic N) is 5. The van der Waals surface area contributed by atoms with Crippen molar-refractivity contribution in [2.75, 3.05) is 0 Å². The van der Waals surface area contributed by atoms with Crippen LogP contribution in [0.15, 0.2) is 89.5 Å². The molecular weight excluding hydrogens is 601 g/mol. The van der Waals surface area contributed by atoms with Gasteiger partial charge in [0.25, 0.3) is 0 Å². The van der Waals surface area contributed by atoms with Gasteiger partial charge in [-0.15, -0.1) is 29.6 Å². The van der Waals surface area contributed by atoms with Gasteiger partial charge in [-0.2, -0.15) is 4.99 Å². The predicted octanol–water partition coefficient (Wildman–Crippen LogP) is 7.92. The van der Waals surface area contributed by atoms with E-state index in [0.717, 1.165) is 22.5 Å². The first-order chi connectivity index (χ1) is 21.4. The van der Waals surface area contributed by atoms with Gasteiger partial charge in [-0.3, -0.25) is 4.57 Å². The minimum Gasteiger partial charge on any atom is -0.406 e. The Labute approximate surface area is 262 Å². The summed E-state index contributed by atoms with van der Waals surface area (Å²) in [6.07, 6.45) is -3.26. The molecule has 3 aromatic carbocycles. The summed E-state index contributed by atoms with van der Waals surface area (Å²) in [6, 6.07) is 20.6. The van der Waals surface area contributed by atoms with Crippen LogP contribution in [0.25, 0.3) is 22.8 Å². The first-order valence-electron chi connectivity index (χ1n) is 14.4. The van der Waals surface area contributed by atoms with Crippen LogP contribution in [0.4, 0.5) is 18.0 Å². The fourth-order valence-corrected chi connectivity index (χ4v) is 5.79. The molecule has 0 fully saturated rings. The third kappa shape index (κ3) is 7.51. The number of halogens is 3. The lowest BCUT2D eigenvalue weighted by Crippen LogP contribution is -2.35. The predicted molar refractivity (Wildman–Crippen MR) is 168 cm³/mol. The number of aryl methyl sites for hydroxylation is 1. The second-order valence-corrected chi connectivity index (χ2v) is 11.9. The van der Waals surface area contributed by atoms with Crippen LogP contribution in [-0.4, -0.2) is 37.8 Å². The van der Waals surface area contributed by atoms with Crippen molar-refractivity contribution in [1.29, 1.82) is 0 Å². The summed E-state index contributed by atoms with van der Waals surface area (Å²) in [4.78, 5) is 22.4. The van der Waals surface area contributed by atoms with Gasteiger partial charge in [0.2, 0.25) is 0 Å². The molecule has 1 N–H and O–H groups in total. The van der Waals surface area contributed by atoms with Gasteiger partial charge in [0.15, 0.2) is 10.6 Å². The molecule has 12 heteroatoms. The molecule has 234 valence electrons. The fraction of sp³-hybridized carbons (Fsp3) is 0.273. The Hall–Kier alpha value is -4.71. The molecule has 0 bridgehead atoms. The normalized spacial score (nSPS) is 13.6. The SMILES string of the molecule is Cc1csc(=NC(=O)NC(C)C(C)c2ccc(-c3ncn(-c4ccc(OC(F)(F)F)cc4)n3)cc2)n1-c1ccccc1C(C)C. The molecule has 2 aromatic heterocycles. The van der Waals surface area contributed by atoms with Crippen LogP contribution in [0.3, 0.4) is 0 Å². The molecule has 0 radical (unpaired) electrons. The standard InChI is InChI=1S/C33H33F3N6O2S/c1-20(2)28-8-6-7-9-29(28)42-21(3)18-45-32(42)39-31(43)38-23(5)22(4)24-10-12-25(13-11-24)30-37-19-41(40-30)26-14-16-27(17-15-26)44-33(34,35)36/h6-20,22-23H,1-5H3,(H,38,43). The lowest BCUT2D eigenvalue weighted by atomic mass is 9.93. The Morgan fingerprint density at radius 1 is 0.978 bits per heavy atom. The zero-order valence-corrected chi connectivity index (χ0v) is 26.2. The Balaban J connectivity index is 1.26. The molecule has 45 heavy (non-hydrogen) atoms. The highest BCUT2D eigenvalue weighted by Gasteiger charge is 2.31. The highest BCUT2D eigenvalue weighted by atomic mass is 32.1. The maximum absolute atomic E-state index is 13.0. The van der Waals surface area contributed by atoms with E-state index in [9.17, 15) is 18.0 Å². The van der Waals surface area contributed by atoms with Gasteiger partial charge >= 0.3 is 12.4 Å². The van der Waals surface area contributed by atoms with Crippen molar-refractivity contribution in [2.45, 2.75) is 58.9 Å². The van der Waals surface area contributed by atoms with E-state index in [4.69, 9.17) is 0 Å². The Morgan fingerprint density at radius 2 is 1.67 bits per heavy atom. The van der Waals surface area contributed by atoms with Crippen molar-refractivity contribution in [2.24, 2.45) is 4.99 Å². The number of aromatic nitrogens is 4. The number of amides is 2. The number of carbonyl (C=O) groups is 1. The Bertz CT molecular complexity index is 1840. The highest BCUT2D eigenvalue weighted by molar-refractivity contribution is 7.07. The smallest absolute Gasteiger partial charge is 0.406 e. The average Bonchev–Trinajstić information content (AvgIpc) is 3.63. The number of para-hydroxylation sites is 1. The van der Waals surface area contributed by atoms with Gasteiger partial charge in [-0.1, -0.05) is 63.2 Å². The molecule has 2 atom stereocenters. The molecule has 0 aliphatic rings. The number of carbonyl (C=O) groups excluding carboxylic acids is 1. The van der Waals surface area contributed by atoms with Crippen LogP contribution in [-0.2, 0) is 0 Å². The molecule has 8 nitrogen and oxygen atoms in total. The van der Waals surface area contributed by atoms with Crippen LogP contribution < -0.4 is 14.9 Å². The Kier molecular flexibility index (Phi) is 9.24. The monoisotopic (exact) mass is 634 g/mol. The van der Waals surface area contributed by atoms with Crippen molar-refractivity contribution in [3.63, 3.8) is 0 Å². The van der Waals surface area contributed by atoms with Crippen LogP contribution in [0.1, 0.15) is 56.4 Å². The third-order valence-corrected chi connectivity index (χ3v) is 8.44. The van der Waals surface area contributed by atoms with Gasteiger partial charge in [0.1, 0.15) is 12.1 Å². The molecule has 2 amide bonds. The minimum absolute atomic E-state index is 0.0139. The highest BCUT2D eigenvalue weighted by Crippen LogP contribution is 2.26. The lowest BCUT2D eigenvalue weighted by Gasteiger charge is -2.21. The summed E-state index contributed by atoms with van der Waals surface area (Å²) in [6.45, 7) is 10.3. The quantitative estimate of drug-likeness (QED) is 0.188. The van der Waals surface area contributed by atoms with Gasteiger partial charge in [-0.05, 0) is 61.2 Å². The van der Waals surface area contributed by atoms with Crippen LogP contribution in [0.2, 0.25) is 0 Å².